The number of halogens is 1. The summed E-state index contributed by atoms with van der Waals surface area (Å²) in [6.07, 6.45) is 6.47. The minimum absolute atomic E-state index is 0.134. The Bertz CT molecular complexity index is 191. The van der Waals surface area contributed by atoms with Gasteiger partial charge in [-0.1, -0.05) is 6.08 Å². The third-order valence-electron chi connectivity index (χ3n) is 1.26. The molecular weight excluding hydrogens is 237 g/mol. The molecule has 1 heterocycles. The molecule has 10 heavy (non-hydrogen) atoms. The Labute approximate surface area is 72.5 Å². The van der Waals surface area contributed by atoms with Crippen LogP contribution >= 0.6 is 21.0 Å². The van der Waals surface area contributed by atoms with Gasteiger partial charge >= 0.3 is 0 Å². The molecule has 0 aromatic carbocycles. The Hall–Kier alpha value is -0.120. The van der Waals surface area contributed by atoms with Crippen molar-refractivity contribution in [1.29, 1.82) is 0 Å². The molecule has 0 atom stereocenters. The van der Waals surface area contributed by atoms with Crippen LogP contribution in [-0.2, 0) is 0 Å². The van der Waals surface area contributed by atoms with Gasteiger partial charge in [-0.25, -0.2) is 0 Å². The quantitative estimate of drug-likeness (QED) is 0.509. The summed E-state index contributed by atoms with van der Waals surface area (Å²) >= 11 is 0.134. The van der Waals surface area contributed by atoms with Crippen LogP contribution in [0.3, 0.4) is 0 Å². The van der Waals surface area contributed by atoms with Crippen LogP contribution < -0.4 is 0 Å². The zero-order valence-corrected chi connectivity index (χ0v) is 8.50. The molecule has 2 heteroatoms. The second-order valence-electron chi connectivity index (χ2n) is 2.17. The highest BCUT2D eigenvalue weighted by molar-refractivity contribution is 14.2. The molecule has 0 saturated carbocycles. The molecule has 0 spiro atoms. The molecule has 0 bridgehead atoms. The largest absolute Gasteiger partial charge is 0.327 e. The fourth-order valence-corrected chi connectivity index (χ4v) is 2.44. The fourth-order valence-electron chi connectivity index (χ4n) is 0.671. The molecule has 0 radical (unpaired) electrons. The van der Waals surface area contributed by atoms with Crippen LogP contribution in [0.1, 0.15) is 13.8 Å². The van der Waals surface area contributed by atoms with Crippen molar-refractivity contribution in [3.8, 4) is 0 Å². The van der Waals surface area contributed by atoms with E-state index in [1.807, 2.05) is 0 Å². The summed E-state index contributed by atoms with van der Waals surface area (Å²) in [6, 6.07) is 0. The predicted octanol–water partition coefficient (Wildman–Crippen LogP) is 2.47. The predicted molar refractivity (Wildman–Crippen MR) is 55.4 cm³/mol. The van der Waals surface area contributed by atoms with Crippen LogP contribution in [0.5, 0.6) is 0 Å². The molecule has 0 amide bonds. The fraction of sp³-hybridized carbons (Fsp3) is 0.375. The van der Waals surface area contributed by atoms with Gasteiger partial charge in [0.25, 0.3) is 0 Å². The van der Waals surface area contributed by atoms with E-state index in [1.165, 1.54) is 5.57 Å². The minimum atomic E-state index is 0.134. The van der Waals surface area contributed by atoms with E-state index in [1.54, 1.807) is 0 Å². The molecule has 0 N–H and O–H groups in total. The molecule has 56 valence electrons. The Kier molecular flexibility index (Phi) is 3.12. The van der Waals surface area contributed by atoms with E-state index < -0.39 is 0 Å². The Morgan fingerprint density at radius 3 is 3.10 bits per heavy atom. The summed E-state index contributed by atoms with van der Waals surface area (Å²) in [6.45, 7) is 5.49. The first-order chi connectivity index (χ1) is 4.83. The van der Waals surface area contributed by atoms with E-state index in [-0.39, 0.29) is 21.0 Å². The smallest absolute Gasteiger partial charge is 0.0243 e. The lowest BCUT2D eigenvalue weighted by Crippen LogP contribution is -2.00. The van der Waals surface area contributed by atoms with Gasteiger partial charge in [0.1, 0.15) is 0 Å². The SMILES string of the molecule is CCN1C=CC=C(C)C=I1. The molecule has 1 aliphatic heterocycles. The van der Waals surface area contributed by atoms with Gasteiger partial charge < -0.3 is 3.11 Å². The third kappa shape index (κ3) is 2.25. The molecule has 0 unspecified atom stereocenters. The van der Waals surface area contributed by atoms with Crippen LogP contribution in [-0.4, -0.2) is 13.7 Å². The number of nitrogens with zero attached hydrogens (tertiary/aromatic N) is 1. The van der Waals surface area contributed by atoms with Gasteiger partial charge in [-0.15, -0.1) is 0 Å². The van der Waals surface area contributed by atoms with Crippen molar-refractivity contribution in [2.75, 3.05) is 6.54 Å². The van der Waals surface area contributed by atoms with Crippen molar-refractivity contribution in [2.45, 2.75) is 13.8 Å². The van der Waals surface area contributed by atoms with E-state index in [4.69, 9.17) is 0 Å². The van der Waals surface area contributed by atoms with E-state index >= 15 is 0 Å². The van der Waals surface area contributed by atoms with Gasteiger partial charge in [-0.05, 0) is 50.5 Å². The normalized spacial score (nSPS) is 17.8. The van der Waals surface area contributed by atoms with Crippen molar-refractivity contribution in [2.24, 2.45) is 0 Å². The van der Waals surface area contributed by atoms with Crippen molar-refractivity contribution >= 4 is 25.0 Å². The van der Waals surface area contributed by atoms with Crippen molar-refractivity contribution in [1.82, 2.24) is 3.11 Å². The van der Waals surface area contributed by atoms with Gasteiger partial charge in [-0.2, -0.15) is 0 Å². The standard InChI is InChI=1S/C8H12IN/c1-3-10-6-4-5-8(2)7-9-10/h4-7H,3H2,1-2H3. The topological polar surface area (TPSA) is 3.24 Å². The lowest BCUT2D eigenvalue weighted by molar-refractivity contribution is 0.708. The molecule has 0 aromatic rings. The van der Waals surface area contributed by atoms with E-state index in [0.717, 1.165) is 6.54 Å². The lowest BCUT2D eigenvalue weighted by Gasteiger charge is -2.08. The van der Waals surface area contributed by atoms with Gasteiger partial charge in [0.15, 0.2) is 0 Å². The average molecular weight is 249 g/mol. The van der Waals surface area contributed by atoms with Crippen LogP contribution in [0.2, 0.25) is 0 Å². The van der Waals surface area contributed by atoms with Gasteiger partial charge in [0.2, 0.25) is 0 Å². The molecule has 1 nitrogen and oxygen atoms in total. The Balaban J connectivity index is 2.68. The molecule has 0 aromatic heterocycles. The molecule has 0 aliphatic carbocycles. The Morgan fingerprint density at radius 2 is 2.40 bits per heavy atom. The number of hydrogen-bond acceptors (Lipinski definition) is 1. The highest BCUT2D eigenvalue weighted by Gasteiger charge is 1.91. The molecular formula is C8H12IN. The summed E-state index contributed by atoms with van der Waals surface area (Å²) in [5.74, 6) is 0. The summed E-state index contributed by atoms with van der Waals surface area (Å²) in [5.41, 5.74) is 1.40. The van der Waals surface area contributed by atoms with Gasteiger partial charge in [0, 0.05) is 12.7 Å². The maximum atomic E-state index is 2.38. The van der Waals surface area contributed by atoms with Crippen molar-refractivity contribution in [3.05, 3.63) is 23.9 Å². The summed E-state index contributed by atoms with van der Waals surface area (Å²) < 4.78 is 4.73. The van der Waals surface area contributed by atoms with E-state index in [2.05, 4.69) is 39.3 Å². The summed E-state index contributed by atoms with van der Waals surface area (Å²) in [5, 5.41) is 0. The maximum absolute atomic E-state index is 2.38. The van der Waals surface area contributed by atoms with Crippen LogP contribution in [0, 0.1) is 0 Å². The third-order valence-corrected chi connectivity index (χ3v) is 4.24. The molecule has 0 fully saturated rings. The van der Waals surface area contributed by atoms with E-state index in [0.29, 0.717) is 0 Å². The highest BCUT2D eigenvalue weighted by Crippen LogP contribution is 2.12. The van der Waals surface area contributed by atoms with E-state index in [9.17, 15) is 0 Å². The second kappa shape index (κ2) is 3.91. The monoisotopic (exact) mass is 249 g/mol. The maximum Gasteiger partial charge on any atom is 0.0243 e. The first-order valence-electron chi connectivity index (χ1n) is 3.41. The molecule has 1 aliphatic rings. The molecule has 1 rings (SSSR count). The molecule has 0 saturated heterocycles. The average Bonchev–Trinajstić information content (AvgIpc) is 2.14. The number of hydrogen-bond donors (Lipinski definition) is 0. The van der Waals surface area contributed by atoms with Crippen molar-refractivity contribution in [3.63, 3.8) is 0 Å². The van der Waals surface area contributed by atoms with Crippen LogP contribution in [0.15, 0.2) is 23.9 Å². The highest BCUT2D eigenvalue weighted by atomic mass is 127. The van der Waals surface area contributed by atoms with Crippen LogP contribution in [0.25, 0.3) is 0 Å². The first kappa shape index (κ1) is 7.98. The zero-order chi connectivity index (χ0) is 7.40. The number of allylic oxidation sites excluding steroid dienone is 3. The zero-order valence-electron chi connectivity index (χ0n) is 6.34. The Morgan fingerprint density at radius 1 is 1.60 bits per heavy atom. The minimum Gasteiger partial charge on any atom is -0.327 e. The van der Waals surface area contributed by atoms with Crippen molar-refractivity contribution < 1.29 is 0 Å². The summed E-state index contributed by atoms with van der Waals surface area (Å²) in [4.78, 5) is 0. The van der Waals surface area contributed by atoms with Crippen LogP contribution in [0.4, 0.5) is 0 Å². The van der Waals surface area contributed by atoms with Gasteiger partial charge in [0.05, 0.1) is 0 Å². The first-order valence-corrected chi connectivity index (χ1v) is 5.62. The summed E-state index contributed by atoms with van der Waals surface area (Å²) in [7, 11) is 0. The lowest BCUT2D eigenvalue weighted by atomic mass is 10.3. The second-order valence-corrected chi connectivity index (χ2v) is 4.59. The van der Waals surface area contributed by atoms with Gasteiger partial charge in [-0.3, -0.25) is 0 Å². The number of rotatable bonds is 1.